The number of hydrogen-bond acceptors (Lipinski definition) is 4. The van der Waals surface area contributed by atoms with Crippen LogP contribution in [0.15, 0.2) is 36.7 Å². The second-order valence-electron chi connectivity index (χ2n) is 5.43. The zero-order valence-electron chi connectivity index (χ0n) is 11.6. The molecule has 5 heteroatoms. The number of benzene rings is 1. The first-order valence-electron chi connectivity index (χ1n) is 6.20. The van der Waals surface area contributed by atoms with Crippen molar-refractivity contribution in [1.29, 1.82) is 0 Å². The van der Waals surface area contributed by atoms with Crippen LogP contribution in [0.3, 0.4) is 0 Å². The minimum Gasteiger partial charge on any atom is -0.476 e. The van der Waals surface area contributed by atoms with Gasteiger partial charge in [0.2, 0.25) is 5.88 Å². The Bertz CT molecular complexity index is 633. The van der Waals surface area contributed by atoms with Crippen LogP contribution in [-0.4, -0.2) is 21.0 Å². The summed E-state index contributed by atoms with van der Waals surface area (Å²) < 4.78 is 5.57. The van der Waals surface area contributed by atoms with E-state index in [1.807, 2.05) is 18.2 Å². The van der Waals surface area contributed by atoms with Crippen molar-refractivity contribution in [3.05, 3.63) is 47.9 Å². The third-order valence-electron chi connectivity index (χ3n) is 2.75. The number of carboxylic acids is 1. The second-order valence-corrected chi connectivity index (χ2v) is 5.43. The highest BCUT2D eigenvalue weighted by atomic mass is 16.5. The molecule has 0 aliphatic carbocycles. The molecule has 1 aromatic carbocycles. The predicted octanol–water partition coefficient (Wildman–Crippen LogP) is 3.26. The van der Waals surface area contributed by atoms with Crippen LogP contribution in [0.1, 0.15) is 36.8 Å². The standard InChI is InChI=1S/C15H16N2O3/c1-15(2,3)10-5-4-6-11(7-10)20-13-9-16-8-12(17-13)14(18)19/h4-9H,1-3H3,(H,18,19). The molecule has 0 fully saturated rings. The van der Waals surface area contributed by atoms with Crippen LogP contribution < -0.4 is 4.74 Å². The van der Waals surface area contributed by atoms with Gasteiger partial charge in [-0.3, -0.25) is 4.98 Å². The minimum absolute atomic E-state index is 0.00790. The summed E-state index contributed by atoms with van der Waals surface area (Å²) in [6.07, 6.45) is 2.57. The number of nitrogens with zero attached hydrogens (tertiary/aromatic N) is 2. The summed E-state index contributed by atoms with van der Waals surface area (Å²) in [6, 6.07) is 7.62. The van der Waals surface area contributed by atoms with Gasteiger partial charge in [-0.15, -0.1) is 0 Å². The molecule has 0 unspecified atom stereocenters. The zero-order valence-corrected chi connectivity index (χ0v) is 11.6. The van der Waals surface area contributed by atoms with E-state index < -0.39 is 5.97 Å². The van der Waals surface area contributed by atoms with Crippen LogP contribution in [0, 0.1) is 0 Å². The number of carboxylic acid groups (broad SMARTS) is 1. The first-order chi connectivity index (χ1) is 9.36. The molecule has 0 saturated carbocycles. The molecule has 0 amide bonds. The van der Waals surface area contributed by atoms with Crippen molar-refractivity contribution in [2.75, 3.05) is 0 Å². The molecule has 1 heterocycles. The maximum atomic E-state index is 10.8. The molecule has 0 spiro atoms. The Balaban J connectivity index is 2.26. The van der Waals surface area contributed by atoms with Crippen LogP contribution in [0.25, 0.3) is 0 Å². The fourth-order valence-electron chi connectivity index (χ4n) is 1.65. The number of aromatic carboxylic acids is 1. The Morgan fingerprint density at radius 3 is 2.65 bits per heavy atom. The molecule has 1 N–H and O–H groups in total. The summed E-state index contributed by atoms with van der Waals surface area (Å²) in [5.74, 6) is -0.364. The Morgan fingerprint density at radius 2 is 2.00 bits per heavy atom. The highest BCUT2D eigenvalue weighted by Crippen LogP contribution is 2.27. The van der Waals surface area contributed by atoms with Crippen molar-refractivity contribution in [3.8, 4) is 11.6 Å². The SMILES string of the molecule is CC(C)(C)c1cccc(Oc2cncc(C(=O)O)n2)c1. The fraction of sp³-hybridized carbons (Fsp3) is 0.267. The average Bonchev–Trinajstić information content (AvgIpc) is 2.38. The van der Waals surface area contributed by atoms with Crippen LogP contribution in [0.4, 0.5) is 0 Å². The lowest BCUT2D eigenvalue weighted by molar-refractivity contribution is 0.0689. The Labute approximate surface area is 117 Å². The van der Waals surface area contributed by atoms with E-state index in [4.69, 9.17) is 9.84 Å². The summed E-state index contributed by atoms with van der Waals surface area (Å²) in [6.45, 7) is 6.32. The lowest BCUT2D eigenvalue weighted by atomic mass is 9.87. The normalized spacial score (nSPS) is 11.2. The molecule has 0 aliphatic heterocycles. The molecule has 104 valence electrons. The van der Waals surface area contributed by atoms with Crippen molar-refractivity contribution in [2.45, 2.75) is 26.2 Å². The highest BCUT2D eigenvalue weighted by Gasteiger charge is 2.14. The van der Waals surface area contributed by atoms with Gasteiger partial charge in [0.15, 0.2) is 5.69 Å². The topological polar surface area (TPSA) is 72.3 Å². The molecule has 0 bridgehead atoms. The molecule has 2 rings (SSSR count). The van der Waals surface area contributed by atoms with E-state index in [-0.39, 0.29) is 17.0 Å². The van der Waals surface area contributed by atoms with E-state index in [1.54, 1.807) is 6.07 Å². The van der Waals surface area contributed by atoms with Crippen molar-refractivity contribution in [1.82, 2.24) is 9.97 Å². The molecular weight excluding hydrogens is 256 g/mol. The molecule has 1 aromatic heterocycles. The smallest absolute Gasteiger partial charge is 0.356 e. The third-order valence-corrected chi connectivity index (χ3v) is 2.75. The van der Waals surface area contributed by atoms with Gasteiger partial charge in [0.25, 0.3) is 0 Å². The average molecular weight is 272 g/mol. The van der Waals surface area contributed by atoms with Crippen molar-refractivity contribution in [3.63, 3.8) is 0 Å². The highest BCUT2D eigenvalue weighted by molar-refractivity contribution is 5.84. The van der Waals surface area contributed by atoms with Gasteiger partial charge < -0.3 is 9.84 Å². The maximum Gasteiger partial charge on any atom is 0.356 e. The number of carbonyl (C=O) groups is 1. The summed E-state index contributed by atoms with van der Waals surface area (Å²) in [7, 11) is 0. The van der Waals surface area contributed by atoms with Gasteiger partial charge in [0.1, 0.15) is 5.75 Å². The second kappa shape index (κ2) is 5.28. The number of aromatic nitrogens is 2. The van der Waals surface area contributed by atoms with Crippen LogP contribution in [-0.2, 0) is 5.41 Å². The van der Waals surface area contributed by atoms with Gasteiger partial charge in [-0.2, -0.15) is 0 Å². The van der Waals surface area contributed by atoms with E-state index in [0.717, 1.165) is 5.56 Å². The zero-order chi connectivity index (χ0) is 14.8. The van der Waals surface area contributed by atoms with Crippen LogP contribution >= 0.6 is 0 Å². The third kappa shape index (κ3) is 3.32. The molecular formula is C15H16N2O3. The monoisotopic (exact) mass is 272 g/mol. The van der Waals surface area contributed by atoms with Crippen LogP contribution in [0.5, 0.6) is 11.6 Å². The molecule has 5 nitrogen and oxygen atoms in total. The number of rotatable bonds is 3. The van der Waals surface area contributed by atoms with E-state index in [0.29, 0.717) is 5.75 Å². The quantitative estimate of drug-likeness (QED) is 0.928. The van der Waals surface area contributed by atoms with Crippen molar-refractivity contribution < 1.29 is 14.6 Å². The lowest BCUT2D eigenvalue weighted by Crippen LogP contribution is -2.10. The van der Waals surface area contributed by atoms with Gasteiger partial charge in [-0.05, 0) is 23.1 Å². The van der Waals surface area contributed by atoms with Gasteiger partial charge in [-0.1, -0.05) is 32.9 Å². The molecule has 0 aliphatic rings. The first kappa shape index (κ1) is 14.0. The first-order valence-corrected chi connectivity index (χ1v) is 6.20. The van der Waals surface area contributed by atoms with E-state index >= 15 is 0 Å². The van der Waals surface area contributed by atoms with Gasteiger partial charge in [-0.25, -0.2) is 9.78 Å². The Kier molecular flexibility index (Phi) is 3.70. The molecule has 0 saturated heterocycles. The fourth-order valence-corrected chi connectivity index (χ4v) is 1.65. The number of ether oxygens (including phenoxy) is 1. The maximum absolute atomic E-state index is 10.8. The van der Waals surface area contributed by atoms with E-state index in [1.165, 1.54) is 12.4 Å². The number of hydrogen-bond donors (Lipinski definition) is 1. The molecule has 0 atom stereocenters. The molecule has 2 aromatic rings. The largest absolute Gasteiger partial charge is 0.476 e. The molecule has 20 heavy (non-hydrogen) atoms. The summed E-state index contributed by atoms with van der Waals surface area (Å²) in [5, 5.41) is 8.87. The van der Waals surface area contributed by atoms with Gasteiger partial charge >= 0.3 is 5.97 Å². The van der Waals surface area contributed by atoms with Crippen molar-refractivity contribution >= 4 is 5.97 Å². The molecule has 0 radical (unpaired) electrons. The Morgan fingerprint density at radius 1 is 1.25 bits per heavy atom. The van der Waals surface area contributed by atoms with Gasteiger partial charge in [0.05, 0.1) is 12.4 Å². The van der Waals surface area contributed by atoms with Gasteiger partial charge in [0, 0.05) is 0 Å². The van der Waals surface area contributed by atoms with Crippen molar-refractivity contribution in [2.24, 2.45) is 0 Å². The summed E-state index contributed by atoms with van der Waals surface area (Å²) in [5.41, 5.74) is 0.986. The van der Waals surface area contributed by atoms with Crippen LogP contribution in [0.2, 0.25) is 0 Å². The van der Waals surface area contributed by atoms with E-state index in [9.17, 15) is 4.79 Å². The Hall–Kier alpha value is -2.43. The summed E-state index contributed by atoms with van der Waals surface area (Å²) >= 11 is 0. The van der Waals surface area contributed by atoms with E-state index in [2.05, 4.69) is 30.7 Å². The minimum atomic E-state index is -1.13. The lowest BCUT2D eigenvalue weighted by Gasteiger charge is -2.19. The summed E-state index contributed by atoms with van der Waals surface area (Å²) in [4.78, 5) is 18.5. The predicted molar refractivity (Wildman–Crippen MR) is 74.2 cm³/mol.